The van der Waals surface area contributed by atoms with Crippen LogP contribution in [0.1, 0.15) is 36.9 Å². The van der Waals surface area contributed by atoms with Gasteiger partial charge in [-0.1, -0.05) is 17.7 Å². The van der Waals surface area contributed by atoms with Crippen molar-refractivity contribution in [3.63, 3.8) is 0 Å². The van der Waals surface area contributed by atoms with Crippen LogP contribution < -0.4 is 10.1 Å². The molecule has 1 N–H and O–H groups in total. The Balaban J connectivity index is 2.18. The molecule has 2 heteroatoms. The zero-order valence-electron chi connectivity index (χ0n) is 9.71. The van der Waals surface area contributed by atoms with Crippen LogP contribution >= 0.6 is 0 Å². The Morgan fingerprint density at radius 1 is 1.40 bits per heavy atom. The Morgan fingerprint density at radius 3 is 2.73 bits per heavy atom. The summed E-state index contributed by atoms with van der Waals surface area (Å²) in [6, 6.07) is 7.46. The molecule has 1 unspecified atom stereocenters. The molecule has 1 atom stereocenters. The van der Waals surface area contributed by atoms with E-state index in [4.69, 9.17) is 4.74 Å². The topological polar surface area (TPSA) is 21.3 Å². The molecular weight excluding hydrogens is 186 g/mol. The number of hydrogen-bond donors (Lipinski definition) is 1. The maximum Gasteiger partial charge on any atom is 0.123 e. The third kappa shape index (κ3) is 2.51. The average molecular weight is 205 g/mol. The molecule has 2 rings (SSSR count). The second kappa shape index (κ2) is 4.23. The predicted octanol–water partition coefficient (Wildman–Crippen LogP) is 2.82. The number of ether oxygens (including phenoxy) is 1. The third-order valence-corrected chi connectivity index (χ3v) is 2.91. The number of benzene rings is 1. The Morgan fingerprint density at radius 2 is 2.13 bits per heavy atom. The lowest BCUT2D eigenvalue weighted by molar-refractivity contribution is 0.401. The Bertz CT molecular complexity index is 344. The number of rotatable bonds is 4. The number of aryl methyl sites for hydroxylation is 1. The molecule has 0 spiro atoms. The van der Waals surface area contributed by atoms with Gasteiger partial charge in [0.05, 0.1) is 7.11 Å². The van der Waals surface area contributed by atoms with Crippen LogP contribution in [0.4, 0.5) is 0 Å². The van der Waals surface area contributed by atoms with Gasteiger partial charge in [-0.3, -0.25) is 0 Å². The zero-order valence-corrected chi connectivity index (χ0v) is 9.71. The second-order valence-corrected chi connectivity index (χ2v) is 4.41. The van der Waals surface area contributed by atoms with Crippen LogP contribution in [0.5, 0.6) is 5.75 Å². The van der Waals surface area contributed by atoms with Crippen LogP contribution in [-0.2, 0) is 0 Å². The SMILES string of the molecule is COc1ccc(C)cc1C(C)NC1CC1. The normalized spacial score (nSPS) is 17.5. The van der Waals surface area contributed by atoms with Gasteiger partial charge in [0, 0.05) is 17.6 Å². The molecule has 1 aliphatic rings. The Labute approximate surface area is 91.6 Å². The van der Waals surface area contributed by atoms with E-state index in [1.54, 1.807) is 7.11 Å². The molecule has 1 aromatic carbocycles. The summed E-state index contributed by atoms with van der Waals surface area (Å²) in [5, 5.41) is 3.59. The summed E-state index contributed by atoms with van der Waals surface area (Å²) < 4.78 is 5.38. The van der Waals surface area contributed by atoms with Gasteiger partial charge in [0.15, 0.2) is 0 Å². The molecule has 1 fully saturated rings. The van der Waals surface area contributed by atoms with E-state index >= 15 is 0 Å². The second-order valence-electron chi connectivity index (χ2n) is 4.41. The molecule has 0 heterocycles. The molecular formula is C13H19NO. The summed E-state index contributed by atoms with van der Waals surface area (Å²) in [6.45, 7) is 4.32. The predicted molar refractivity (Wildman–Crippen MR) is 62.3 cm³/mol. The molecule has 0 radical (unpaired) electrons. The van der Waals surface area contributed by atoms with E-state index in [1.807, 2.05) is 0 Å². The standard InChI is InChI=1S/C13H19NO/c1-9-4-7-13(15-3)12(8-9)10(2)14-11-5-6-11/h4,7-8,10-11,14H,5-6H2,1-3H3. The first-order chi connectivity index (χ1) is 7.20. The highest BCUT2D eigenvalue weighted by Gasteiger charge is 2.24. The first-order valence-corrected chi connectivity index (χ1v) is 5.61. The number of hydrogen-bond acceptors (Lipinski definition) is 2. The van der Waals surface area contributed by atoms with Gasteiger partial charge in [-0.05, 0) is 32.8 Å². The highest BCUT2D eigenvalue weighted by atomic mass is 16.5. The minimum atomic E-state index is 0.382. The van der Waals surface area contributed by atoms with Crippen molar-refractivity contribution in [1.29, 1.82) is 0 Å². The molecule has 0 aromatic heterocycles. The molecule has 82 valence electrons. The molecule has 1 aliphatic carbocycles. The maximum atomic E-state index is 5.38. The molecule has 15 heavy (non-hydrogen) atoms. The maximum absolute atomic E-state index is 5.38. The van der Waals surface area contributed by atoms with Crippen LogP contribution in [0.15, 0.2) is 18.2 Å². The fourth-order valence-corrected chi connectivity index (χ4v) is 1.89. The van der Waals surface area contributed by atoms with Gasteiger partial charge in [-0.25, -0.2) is 0 Å². The molecule has 0 amide bonds. The van der Waals surface area contributed by atoms with E-state index < -0.39 is 0 Å². The minimum absolute atomic E-state index is 0.382. The first-order valence-electron chi connectivity index (χ1n) is 5.61. The van der Waals surface area contributed by atoms with Crippen molar-refractivity contribution < 1.29 is 4.74 Å². The fourth-order valence-electron chi connectivity index (χ4n) is 1.89. The molecule has 1 aromatic rings. The molecule has 0 bridgehead atoms. The lowest BCUT2D eigenvalue weighted by Gasteiger charge is -2.17. The van der Waals surface area contributed by atoms with Gasteiger partial charge in [0.1, 0.15) is 5.75 Å². The molecule has 0 saturated heterocycles. The summed E-state index contributed by atoms with van der Waals surface area (Å²) >= 11 is 0. The van der Waals surface area contributed by atoms with E-state index in [0.29, 0.717) is 6.04 Å². The quantitative estimate of drug-likeness (QED) is 0.816. The van der Waals surface area contributed by atoms with Crippen LogP contribution in [0, 0.1) is 6.92 Å². The summed E-state index contributed by atoms with van der Waals surface area (Å²) in [5.74, 6) is 0.987. The lowest BCUT2D eigenvalue weighted by Crippen LogP contribution is -2.21. The summed E-state index contributed by atoms with van der Waals surface area (Å²) in [4.78, 5) is 0. The van der Waals surface area contributed by atoms with Crippen molar-refractivity contribution in [2.24, 2.45) is 0 Å². The number of methoxy groups -OCH3 is 1. The van der Waals surface area contributed by atoms with Crippen LogP contribution in [0.2, 0.25) is 0 Å². The summed E-state index contributed by atoms with van der Waals surface area (Å²) in [7, 11) is 1.73. The lowest BCUT2D eigenvalue weighted by atomic mass is 10.0. The van der Waals surface area contributed by atoms with E-state index in [-0.39, 0.29) is 0 Å². The van der Waals surface area contributed by atoms with Gasteiger partial charge < -0.3 is 10.1 Å². The fraction of sp³-hybridized carbons (Fsp3) is 0.538. The van der Waals surface area contributed by atoms with Crippen molar-refractivity contribution in [3.05, 3.63) is 29.3 Å². The molecule has 2 nitrogen and oxygen atoms in total. The van der Waals surface area contributed by atoms with E-state index in [0.717, 1.165) is 11.8 Å². The largest absolute Gasteiger partial charge is 0.496 e. The third-order valence-electron chi connectivity index (χ3n) is 2.91. The highest BCUT2D eigenvalue weighted by molar-refractivity contribution is 5.39. The van der Waals surface area contributed by atoms with Gasteiger partial charge in [0.2, 0.25) is 0 Å². The Hall–Kier alpha value is -1.02. The molecule has 1 saturated carbocycles. The van der Waals surface area contributed by atoms with E-state index in [1.165, 1.54) is 24.0 Å². The average Bonchev–Trinajstić information content (AvgIpc) is 3.01. The van der Waals surface area contributed by atoms with Crippen LogP contribution in [0.25, 0.3) is 0 Å². The monoisotopic (exact) mass is 205 g/mol. The highest BCUT2D eigenvalue weighted by Crippen LogP contribution is 2.29. The van der Waals surface area contributed by atoms with Crippen LogP contribution in [-0.4, -0.2) is 13.2 Å². The summed E-state index contributed by atoms with van der Waals surface area (Å²) in [6.07, 6.45) is 2.64. The summed E-state index contributed by atoms with van der Waals surface area (Å²) in [5.41, 5.74) is 2.56. The zero-order chi connectivity index (χ0) is 10.8. The smallest absolute Gasteiger partial charge is 0.123 e. The number of nitrogens with one attached hydrogen (secondary N) is 1. The van der Waals surface area contributed by atoms with Crippen LogP contribution in [0.3, 0.4) is 0 Å². The van der Waals surface area contributed by atoms with Gasteiger partial charge in [-0.15, -0.1) is 0 Å². The van der Waals surface area contributed by atoms with E-state index in [9.17, 15) is 0 Å². The van der Waals surface area contributed by atoms with Crippen molar-refractivity contribution in [2.75, 3.05) is 7.11 Å². The van der Waals surface area contributed by atoms with E-state index in [2.05, 4.69) is 37.4 Å². The van der Waals surface area contributed by atoms with Crippen molar-refractivity contribution >= 4 is 0 Å². The van der Waals surface area contributed by atoms with Crippen molar-refractivity contribution in [3.8, 4) is 5.75 Å². The van der Waals surface area contributed by atoms with Gasteiger partial charge in [-0.2, -0.15) is 0 Å². The Kier molecular flexibility index (Phi) is 2.96. The van der Waals surface area contributed by atoms with Crippen molar-refractivity contribution in [2.45, 2.75) is 38.8 Å². The van der Waals surface area contributed by atoms with Gasteiger partial charge in [0.25, 0.3) is 0 Å². The van der Waals surface area contributed by atoms with Crippen molar-refractivity contribution in [1.82, 2.24) is 5.32 Å². The molecule has 0 aliphatic heterocycles. The first kappa shape index (κ1) is 10.5. The minimum Gasteiger partial charge on any atom is -0.496 e. The van der Waals surface area contributed by atoms with Gasteiger partial charge >= 0.3 is 0 Å².